The van der Waals surface area contributed by atoms with E-state index in [2.05, 4.69) is 5.32 Å². The minimum absolute atomic E-state index is 0.192. The first-order chi connectivity index (χ1) is 6.26. The minimum atomic E-state index is -0.192. The summed E-state index contributed by atoms with van der Waals surface area (Å²) in [5.74, 6) is 0. The Hall–Kier alpha value is -0.410. The Kier molecular flexibility index (Phi) is 3.88. The Bertz CT molecular complexity index is 162. The number of rotatable bonds is 4. The lowest BCUT2D eigenvalue weighted by Crippen LogP contribution is -2.39. The van der Waals surface area contributed by atoms with Crippen LogP contribution >= 0.6 is 0 Å². The van der Waals surface area contributed by atoms with Crippen molar-refractivity contribution in [3.05, 3.63) is 0 Å². The molecule has 0 unspecified atom stereocenters. The van der Waals surface area contributed by atoms with Gasteiger partial charge in [-0.15, -0.1) is 0 Å². The van der Waals surface area contributed by atoms with Gasteiger partial charge in [-0.2, -0.15) is 0 Å². The van der Waals surface area contributed by atoms with Crippen LogP contribution in [0.4, 0.5) is 0 Å². The van der Waals surface area contributed by atoms with Crippen molar-refractivity contribution in [3.8, 4) is 0 Å². The molecular formula is C10H19NO2. The molecule has 3 heteroatoms. The first-order valence-corrected chi connectivity index (χ1v) is 4.89. The molecule has 1 fully saturated rings. The number of nitrogens with one attached hydrogen (secondary N) is 1. The summed E-state index contributed by atoms with van der Waals surface area (Å²) in [5, 5.41) is 3.25. The van der Waals surface area contributed by atoms with Gasteiger partial charge in [0.2, 0.25) is 0 Å². The Morgan fingerprint density at radius 2 is 2.15 bits per heavy atom. The Morgan fingerprint density at radius 3 is 2.54 bits per heavy atom. The van der Waals surface area contributed by atoms with Crippen molar-refractivity contribution in [2.45, 2.75) is 31.7 Å². The number of carbonyl (C=O) groups is 1. The predicted molar refractivity (Wildman–Crippen MR) is 51.7 cm³/mol. The number of aldehydes is 1. The quantitative estimate of drug-likeness (QED) is 0.663. The summed E-state index contributed by atoms with van der Waals surface area (Å²) in [6, 6.07) is 0.588. The van der Waals surface area contributed by atoms with Crippen molar-refractivity contribution < 1.29 is 9.53 Å². The van der Waals surface area contributed by atoms with E-state index in [9.17, 15) is 4.79 Å². The standard InChI is InChI=1S/C10H19NO2/c1-11-9-3-5-10(7-12,6-4-9)8-13-2/h7,9,11H,3-6,8H2,1-2H3. The monoisotopic (exact) mass is 185 g/mol. The average molecular weight is 185 g/mol. The molecule has 0 aromatic rings. The number of ether oxygens (including phenoxy) is 1. The molecule has 3 nitrogen and oxygen atoms in total. The number of methoxy groups -OCH3 is 1. The van der Waals surface area contributed by atoms with Gasteiger partial charge < -0.3 is 14.8 Å². The Labute approximate surface area is 79.8 Å². The van der Waals surface area contributed by atoms with Gasteiger partial charge in [-0.1, -0.05) is 0 Å². The zero-order valence-corrected chi connectivity index (χ0v) is 8.51. The van der Waals surface area contributed by atoms with E-state index in [0.29, 0.717) is 12.6 Å². The van der Waals surface area contributed by atoms with E-state index in [1.807, 2.05) is 7.05 Å². The van der Waals surface area contributed by atoms with E-state index < -0.39 is 0 Å². The molecule has 0 bridgehead atoms. The Morgan fingerprint density at radius 1 is 1.54 bits per heavy atom. The summed E-state index contributed by atoms with van der Waals surface area (Å²) in [6.45, 7) is 0.576. The van der Waals surface area contributed by atoms with Crippen molar-refractivity contribution >= 4 is 6.29 Å². The van der Waals surface area contributed by atoms with Crippen molar-refractivity contribution in [1.29, 1.82) is 0 Å². The van der Waals surface area contributed by atoms with Crippen LogP contribution in [0, 0.1) is 5.41 Å². The molecule has 0 spiro atoms. The molecule has 1 saturated carbocycles. The maximum Gasteiger partial charge on any atom is 0.128 e. The lowest BCUT2D eigenvalue weighted by Gasteiger charge is -2.35. The molecule has 0 aromatic carbocycles. The van der Waals surface area contributed by atoms with Gasteiger partial charge in [0.05, 0.1) is 6.61 Å². The van der Waals surface area contributed by atoms with E-state index in [1.165, 1.54) is 0 Å². The summed E-state index contributed by atoms with van der Waals surface area (Å²) in [6.07, 6.45) is 5.16. The molecule has 0 aromatic heterocycles. The largest absolute Gasteiger partial charge is 0.384 e. The topological polar surface area (TPSA) is 38.3 Å². The third-order valence-electron chi connectivity index (χ3n) is 3.07. The smallest absolute Gasteiger partial charge is 0.128 e. The zero-order valence-electron chi connectivity index (χ0n) is 8.51. The van der Waals surface area contributed by atoms with Gasteiger partial charge >= 0.3 is 0 Å². The van der Waals surface area contributed by atoms with Crippen LogP contribution in [-0.4, -0.2) is 33.1 Å². The van der Waals surface area contributed by atoms with Gasteiger partial charge in [0.25, 0.3) is 0 Å². The third kappa shape index (κ3) is 2.51. The molecular weight excluding hydrogens is 166 g/mol. The molecule has 0 heterocycles. The molecule has 1 N–H and O–H groups in total. The van der Waals surface area contributed by atoms with Gasteiger partial charge in [0.15, 0.2) is 0 Å². The molecule has 13 heavy (non-hydrogen) atoms. The van der Waals surface area contributed by atoms with E-state index in [1.54, 1.807) is 7.11 Å². The molecule has 0 atom stereocenters. The van der Waals surface area contributed by atoms with Gasteiger partial charge in [-0.3, -0.25) is 0 Å². The first-order valence-electron chi connectivity index (χ1n) is 4.89. The normalized spacial score (nSPS) is 34.5. The van der Waals surface area contributed by atoms with Gasteiger partial charge in [0, 0.05) is 18.6 Å². The fourth-order valence-corrected chi connectivity index (χ4v) is 2.07. The van der Waals surface area contributed by atoms with Crippen LogP contribution in [0.2, 0.25) is 0 Å². The van der Waals surface area contributed by atoms with E-state index in [0.717, 1.165) is 32.0 Å². The summed E-state index contributed by atoms with van der Waals surface area (Å²) in [4.78, 5) is 11.0. The van der Waals surface area contributed by atoms with Crippen molar-refractivity contribution in [2.24, 2.45) is 5.41 Å². The van der Waals surface area contributed by atoms with Crippen LogP contribution < -0.4 is 5.32 Å². The summed E-state index contributed by atoms with van der Waals surface area (Å²) in [7, 11) is 3.64. The zero-order chi connectivity index (χ0) is 9.73. The predicted octanol–water partition coefficient (Wildman–Crippen LogP) is 0.980. The maximum atomic E-state index is 11.0. The van der Waals surface area contributed by atoms with Gasteiger partial charge in [0.1, 0.15) is 6.29 Å². The molecule has 0 aliphatic heterocycles. The van der Waals surface area contributed by atoms with E-state index in [4.69, 9.17) is 4.74 Å². The van der Waals surface area contributed by atoms with Crippen LogP contribution in [0.25, 0.3) is 0 Å². The summed E-state index contributed by atoms with van der Waals surface area (Å²) < 4.78 is 5.09. The molecule has 1 rings (SSSR count). The average Bonchev–Trinajstić information content (AvgIpc) is 2.19. The molecule has 0 amide bonds. The minimum Gasteiger partial charge on any atom is -0.384 e. The number of hydrogen-bond donors (Lipinski definition) is 1. The fourth-order valence-electron chi connectivity index (χ4n) is 2.07. The second-order valence-corrected chi connectivity index (χ2v) is 3.98. The van der Waals surface area contributed by atoms with Crippen LogP contribution in [0.1, 0.15) is 25.7 Å². The van der Waals surface area contributed by atoms with Crippen molar-refractivity contribution in [1.82, 2.24) is 5.32 Å². The van der Waals surface area contributed by atoms with E-state index in [-0.39, 0.29) is 5.41 Å². The SMILES string of the molecule is CNC1CCC(C=O)(COC)CC1. The van der Waals surface area contributed by atoms with Crippen LogP contribution in [-0.2, 0) is 9.53 Å². The highest BCUT2D eigenvalue weighted by molar-refractivity contribution is 5.59. The highest BCUT2D eigenvalue weighted by atomic mass is 16.5. The second kappa shape index (κ2) is 4.72. The third-order valence-corrected chi connectivity index (χ3v) is 3.07. The number of carbonyl (C=O) groups excluding carboxylic acids is 1. The number of hydrogen-bond acceptors (Lipinski definition) is 3. The fraction of sp³-hybridized carbons (Fsp3) is 0.900. The first kappa shape index (κ1) is 10.7. The van der Waals surface area contributed by atoms with Gasteiger partial charge in [-0.05, 0) is 32.7 Å². The highest BCUT2D eigenvalue weighted by Crippen LogP contribution is 2.34. The van der Waals surface area contributed by atoms with Crippen LogP contribution in [0.3, 0.4) is 0 Å². The molecule has 0 saturated heterocycles. The molecule has 1 aliphatic carbocycles. The summed E-state index contributed by atoms with van der Waals surface area (Å²) >= 11 is 0. The Balaban J connectivity index is 2.47. The van der Waals surface area contributed by atoms with E-state index >= 15 is 0 Å². The van der Waals surface area contributed by atoms with Crippen molar-refractivity contribution in [3.63, 3.8) is 0 Å². The lowest BCUT2D eigenvalue weighted by molar-refractivity contribution is -0.121. The molecule has 1 aliphatic rings. The summed E-state index contributed by atoms with van der Waals surface area (Å²) in [5.41, 5.74) is -0.192. The van der Waals surface area contributed by atoms with Crippen LogP contribution in [0.5, 0.6) is 0 Å². The maximum absolute atomic E-state index is 11.0. The van der Waals surface area contributed by atoms with Crippen molar-refractivity contribution in [2.75, 3.05) is 20.8 Å². The molecule has 0 radical (unpaired) electrons. The highest BCUT2D eigenvalue weighted by Gasteiger charge is 2.34. The molecule has 76 valence electrons. The van der Waals surface area contributed by atoms with Gasteiger partial charge in [-0.25, -0.2) is 0 Å². The van der Waals surface area contributed by atoms with Crippen LogP contribution in [0.15, 0.2) is 0 Å². The second-order valence-electron chi connectivity index (χ2n) is 3.98. The lowest BCUT2D eigenvalue weighted by atomic mass is 9.74.